The lowest BCUT2D eigenvalue weighted by Crippen LogP contribution is -2.25. The zero-order chi connectivity index (χ0) is 13.3. The largest absolute Gasteiger partial charge is 0.433 e. The van der Waals surface area contributed by atoms with Crippen LogP contribution in [0.1, 0.15) is 5.69 Å². The number of nitrogens with zero attached hydrogens (tertiary/aromatic N) is 2. The minimum Gasteiger partial charge on any atom is -0.295 e. The van der Waals surface area contributed by atoms with Crippen LogP contribution in [-0.2, 0) is 13.2 Å². The predicted molar refractivity (Wildman–Crippen MR) is 59.9 cm³/mol. The molecule has 6 heteroatoms. The highest BCUT2D eigenvalue weighted by Crippen LogP contribution is 2.29. The van der Waals surface area contributed by atoms with E-state index in [2.05, 4.69) is 4.98 Å². The van der Waals surface area contributed by atoms with Gasteiger partial charge in [0.15, 0.2) is 5.69 Å². The Labute approximate surface area is 101 Å². The molecule has 0 radical (unpaired) electrons. The third-order valence-corrected chi connectivity index (χ3v) is 2.50. The third-order valence-electron chi connectivity index (χ3n) is 2.50. The molecule has 0 spiro atoms. The van der Waals surface area contributed by atoms with Crippen LogP contribution in [0.5, 0.6) is 0 Å². The molecule has 2 aromatic rings. The summed E-state index contributed by atoms with van der Waals surface area (Å²) in [4.78, 5) is 14.4. The van der Waals surface area contributed by atoms with Crippen LogP contribution >= 0.6 is 0 Å². The number of alkyl halides is 3. The number of rotatable bonds is 1. The van der Waals surface area contributed by atoms with Crippen molar-refractivity contribution < 1.29 is 13.2 Å². The Kier molecular flexibility index (Phi) is 2.94. The molecule has 0 aliphatic rings. The summed E-state index contributed by atoms with van der Waals surface area (Å²) in [6.45, 7) is 0. The molecule has 0 atom stereocenters. The second-order valence-corrected chi connectivity index (χ2v) is 3.73. The van der Waals surface area contributed by atoms with E-state index in [9.17, 15) is 18.0 Å². The van der Waals surface area contributed by atoms with Crippen molar-refractivity contribution in [2.45, 2.75) is 6.18 Å². The average molecular weight is 254 g/mol. The van der Waals surface area contributed by atoms with Crippen molar-refractivity contribution in [1.29, 1.82) is 0 Å². The van der Waals surface area contributed by atoms with Crippen molar-refractivity contribution in [2.24, 2.45) is 7.05 Å². The van der Waals surface area contributed by atoms with Gasteiger partial charge in [-0.15, -0.1) is 0 Å². The Bertz CT molecular complexity index is 617. The lowest BCUT2D eigenvalue weighted by Gasteiger charge is -2.11. The summed E-state index contributed by atoms with van der Waals surface area (Å²) < 4.78 is 38.8. The smallest absolute Gasteiger partial charge is 0.295 e. The molecule has 0 amide bonds. The summed E-state index contributed by atoms with van der Waals surface area (Å²) in [7, 11) is 1.39. The van der Waals surface area contributed by atoms with Crippen LogP contribution in [-0.4, -0.2) is 9.55 Å². The van der Waals surface area contributed by atoms with Crippen LogP contribution in [0, 0.1) is 0 Å². The molecule has 2 rings (SSSR count). The molecule has 0 saturated carbocycles. The van der Waals surface area contributed by atoms with Crippen molar-refractivity contribution in [2.75, 3.05) is 0 Å². The number of benzene rings is 1. The van der Waals surface area contributed by atoms with Gasteiger partial charge in [-0.05, 0) is 11.6 Å². The molecular weight excluding hydrogens is 245 g/mol. The molecule has 0 aliphatic carbocycles. The number of hydrogen-bond donors (Lipinski definition) is 0. The Balaban J connectivity index is 2.68. The number of aromatic nitrogens is 2. The summed E-state index contributed by atoms with van der Waals surface area (Å²) in [5.74, 6) is 0. The molecule has 1 heterocycles. The lowest BCUT2D eigenvalue weighted by molar-refractivity contribution is -0.141. The topological polar surface area (TPSA) is 34.9 Å². The first kappa shape index (κ1) is 12.3. The maximum atomic E-state index is 12.6. The molecule has 1 aromatic carbocycles. The van der Waals surface area contributed by atoms with E-state index in [0.717, 1.165) is 10.6 Å². The second kappa shape index (κ2) is 4.29. The minimum atomic E-state index is -4.63. The van der Waals surface area contributed by atoms with Crippen molar-refractivity contribution in [3.8, 4) is 11.3 Å². The van der Waals surface area contributed by atoms with E-state index in [4.69, 9.17) is 0 Å². The lowest BCUT2D eigenvalue weighted by atomic mass is 10.1. The number of halogens is 3. The van der Waals surface area contributed by atoms with Gasteiger partial charge in [-0.3, -0.25) is 4.57 Å². The summed E-state index contributed by atoms with van der Waals surface area (Å²) in [5, 5.41) is 0. The van der Waals surface area contributed by atoms with Crippen molar-refractivity contribution in [3.63, 3.8) is 0 Å². The van der Waals surface area contributed by atoms with Gasteiger partial charge in [-0.1, -0.05) is 30.3 Å². The molecule has 0 N–H and O–H groups in total. The fourth-order valence-electron chi connectivity index (χ4n) is 1.57. The monoisotopic (exact) mass is 254 g/mol. The van der Waals surface area contributed by atoms with Crippen LogP contribution in [0.2, 0.25) is 0 Å². The van der Waals surface area contributed by atoms with Crippen LogP contribution in [0.15, 0.2) is 41.2 Å². The summed E-state index contributed by atoms with van der Waals surface area (Å²) in [5.41, 5.74) is -1.39. The zero-order valence-corrected chi connectivity index (χ0v) is 9.40. The highest BCUT2D eigenvalue weighted by atomic mass is 19.4. The van der Waals surface area contributed by atoms with Gasteiger partial charge in [0.05, 0.1) is 5.69 Å². The molecule has 0 unspecified atom stereocenters. The molecule has 3 nitrogen and oxygen atoms in total. The van der Waals surface area contributed by atoms with E-state index in [0.29, 0.717) is 5.56 Å². The van der Waals surface area contributed by atoms with Gasteiger partial charge in [0.25, 0.3) is 0 Å². The SMILES string of the molecule is Cn1c(-c2ccccc2)cc(C(F)(F)F)nc1=O. The Morgan fingerprint density at radius 2 is 1.78 bits per heavy atom. The number of hydrogen-bond acceptors (Lipinski definition) is 2. The third kappa shape index (κ3) is 2.27. The second-order valence-electron chi connectivity index (χ2n) is 3.73. The average Bonchev–Trinajstić information content (AvgIpc) is 2.32. The van der Waals surface area contributed by atoms with Crippen LogP contribution in [0.4, 0.5) is 13.2 Å². The van der Waals surface area contributed by atoms with Crippen molar-refractivity contribution in [3.05, 3.63) is 52.6 Å². The zero-order valence-electron chi connectivity index (χ0n) is 9.40. The van der Waals surface area contributed by atoms with Gasteiger partial charge in [-0.2, -0.15) is 18.2 Å². The van der Waals surface area contributed by atoms with Crippen molar-refractivity contribution in [1.82, 2.24) is 9.55 Å². The highest BCUT2D eigenvalue weighted by Gasteiger charge is 2.33. The van der Waals surface area contributed by atoms with Crippen molar-refractivity contribution >= 4 is 0 Å². The fourth-order valence-corrected chi connectivity index (χ4v) is 1.57. The first-order valence-corrected chi connectivity index (χ1v) is 5.10. The molecule has 94 valence electrons. The molecule has 0 saturated heterocycles. The van der Waals surface area contributed by atoms with E-state index >= 15 is 0 Å². The van der Waals surface area contributed by atoms with Gasteiger partial charge < -0.3 is 0 Å². The van der Waals surface area contributed by atoms with E-state index in [1.54, 1.807) is 30.3 Å². The summed E-state index contributed by atoms with van der Waals surface area (Å²) in [6, 6.07) is 9.26. The van der Waals surface area contributed by atoms with Crippen LogP contribution in [0.25, 0.3) is 11.3 Å². The summed E-state index contributed by atoms with van der Waals surface area (Å²) in [6.07, 6.45) is -4.63. The standard InChI is InChI=1S/C12H9F3N2O/c1-17-9(8-5-3-2-4-6-8)7-10(12(13,14)15)16-11(17)18/h2-7H,1H3. The van der Waals surface area contributed by atoms with E-state index in [1.807, 2.05) is 0 Å². The first-order chi connectivity index (χ1) is 8.39. The quantitative estimate of drug-likeness (QED) is 0.783. The minimum absolute atomic E-state index is 0.183. The van der Waals surface area contributed by atoms with Gasteiger partial charge in [0.1, 0.15) is 0 Å². The van der Waals surface area contributed by atoms with Crippen LogP contribution < -0.4 is 5.69 Å². The Morgan fingerprint density at radius 3 is 2.33 bits per heavy atom. The van der Waals surface area contributed by atoms with Gasteiger partial charge >= 0.3 is 11.9 Å². The first-order valence-electron chi connectivity index (χ1n) is 5.10. The summed E-state index contributed by atoms with van der Waals surface area (Å²) >= 11 is 0. The fraction of sp³-hybridized carbons (Fsp3) is 0.167. The molecule has 0 aliphatic heterocycles. The normalized spacial score (nSPS) is 11.6. The maximum absolute atomic E-state index is 12.6. The Hall–Kier alpha value is -2.11. The highest BCUT2D eigenvalue weighted by molar-refractivity contribution is 5.59. The Morgan fingerprint density at radius 1 is 1.17 bits per heavy atom. The van der Waals surface area contributed by atoms with E-state index in [1.165, 1.54) is 7.05 Å². The molecule has 0 bridgehead atoms. The van der Waals surface area contributed by atoms with E-state index in [-0.39, 0.29) is 5.69 Å². The predicted octanol–water partition coefficient (Wildman–Crippen LogP) is 2.47. The van der Waals surface area contributed by atoms with Gasteiger partial charge in [-0.25, -0.2) is 4.79 Å². The maximum Gasteiger partial charge on any atom is 0.433 e. The molecule has 1 aromatic heterocycles. The molecule has 18 heavy (non-hydrogen) atoms. The van der Waals surface area contributed by atoms with Gasteiger partial charge in [0.2, 0.25) is 0 Å². The van der Waals surface area contributed by atoms with Crippen LogP contribution in [0.3, 0.4) is 0 Å². The van der Waals surface area contributed by atoms with E-state index < -0.39 is 17.6 Å². The molecular formula is C12H9F3N2O. The van der Waals surface area contributed by atoms with Gasteiger partial charge in [0, 0.05) is 7.05 Å². The molecule has 0 fully saturated rings.